The monoisotopic (exact) mass is 540 g/mol. The maximum atomic E-state index is 13.3. The minimum Gasteiger partial charge on any atom is -0.434 e. The Morgan fingerprint density at radius 1 is 1.23 bits per heavy atom. The Labute approximate surface area is 231 Å². The number of hydrogen-bond acceptors (Lipinski definition) is 7. The average Bonchev–Trinajstić information content (AvgIpc) is 3.40. The van der Waals surface area contributed by atoms with Crippen molar-refractivity contribution in [2.45, 2.75) is 43.9 Å². The van der Waals surface area contributed by atoms with Gasteiger partial charge in [0.15, 0.2) is 0 Å². The molecule has 0 fully saturated rings. The Morgan fingerprint density at radius 3 is 2.65 bits per heavy atom. The number of nitrogens with zero attached hydrogens (tertiary/aromatic N) is 4. The standard InChI is InChI=1S/C27H24B2F2N6O3/c1-26(12-32,27(28,29)39)9-21-33-10-14(11-34-21)13-5-6-16-18(7-13)37-19-8-17(23(37)35-16)36-24(38)15-3-2-4-20(22(15)19)40-25(30)31/h2-7,10-11,17,19,25,39H,8-9,12,32H2,1H3,(H,36,38)/t17-,19+,26?/m1/s1. The molecule has 40 heavy (non-hydrogen) atoms. The van der Waals surface area contributed by atoms with Crippen molar-refractivity contribution in [1.29, 1.82) is 0 Å². The zero-order chi connectivity index (χ0) is 28.4. The lowest BCUT2D eigenvalue weighted by Crippen LogP contribution is -2.53. The van der Waals surface area contributed by atoms with Crippen LogP contribution in [0.4, 0.5) is 8.78 Å². The number of ether oxygens (including phenoxy) is 1. The second-order valence-electron chi connectivity index (χ2n) is 10.6. The molecule has 0 spiro atoms. The molecular formula is C27H24B2F2N6O3. The molecule has 4 heterocycles. The Bertz CT molecular complexity index is 1630. The van der Waals surface area contributed by atoms with Gasteiger partial charge in [-0.15, -0.1) is 0 Å². The van der Waals surface area contributed by atoms with Crippen LogP contribution >= 0.6 is 0 Å². The Morgan fingerprint density at radius 2 is 1.98 bits per heavy atom. The molecule has 1 amide bonds. The van der Waals surface area contributed by atoms with Gasteiger partial charge in [0.05, 0.1) is 38.8 Å². The number of rotatable bonds is 7. The molecule has 0 saturated carbocycles. The van der Waals surface area contributed by atoms with Crippen LogP contribution in [0, 0.1) is 5.41 Å². The molecule has 2 aromatic heterocycles. The van der Waals surface area contributed by atoms with Crippen molar-refractivity contribution in [3.8, 4) is 16.9 Å². The average molecular weight is 540 g/mol. The van der Waals surface area contributed by atoms with Gasteiger partial charge in [-0.05, 0) is 53.6 Å². The number of amides is 1. The Hall–Kier alpha value is -3.83. The largest absolute Gasteiger partial charge is 0.434 e. The number of nitrogens with one attached hydrogen (secondary N) is 1. The van der Waals surface area contributed by atoms with Crippen molar-refractivity contribution in [3.05, 3.63) is 71.6 Å². The first kappa shape index (κ1) is 26.4. The molecule has 0 aliphatic carbocycles. The molecule has 2 bridgehead atoms. The van der Waals surface area contributed by atoms with E-state index in [0.29, 0.717) is 34.7 Å². The lowest BCUT2D eigenvalue weighted by atomic mass is 9.50. The summed E-state index contributed by atoms with van der Waals surface area (Å²) in [7, 11) is 11.4. The molecule has 0 saturated heterocycles. The van der Waals surface area contributed by atoms with Gasteiger partial charge in [0.25, 0.3) is 5.91 Å². The normalized spacial score (nSPS) is 19.6. The van der Waals surface area contributed by atoms with Gasteiger partial charge in [0.2, 0.25) is 0 Å². The molecule has 13 heteroatoms. The zero-order valence-corrected chi connectivity index (χ0v) is 21.5. The number of hydrogen-bond donors (Lipinski definition) is 3. The van der Waals surface area contributed by atoms with Crippen molar-refractivity contribution >= 4 is 32.6 Å². The maximum Gasteiger partial charge on any atom is 0.387 e. The molecule has 2 aromatic carbocycles. The van der Waals surface area contributed by atoms with Gasteiger partial charge in [-0.3, -0.25) is 4.79 Å². The van der Waals surface area contributed by atoms with E-state index in [4.69, 9.17) is 31.1 Å². The molecule has 2 aliphatic rings. The van der Waals surface area contributed by atoms with Crippen LogP contribution in [-0.2, 0) is 6.42 Å². The highest BCUT2D eigenvalue weighted by molar-refractivity contribution is 6.39. The summed E-state index contributed by atoms with van der Waals surface area (Å²) in [6.45, 7) is -1.34. The molecular weight excluding hydrogens is 516 g/mol. The van der Waals surface area contributed by atoms with Gasteiger partial charge in [0.1, 0.15) is 17.4 Å². The molecule has 6 rings (SSSR count). The van der Waals surface area contributed by atoms with Crippen LogP contribution in [-0.4, -0.2) is 64.8 Å². The van der Waals surface area contributed by atoms with Gasteiger partial charge in [-0.25, -0.2) is 15.0 Å². The van der Waals surface area contributed by atoms with E-state index < -0.39 is 23.5 Å². The number of aliphatic hydroxyl groups is 1. The van der Waals surface area contributed by atoms with E-state index in [9.17, 15) is 18.7 Å². The summed E-state index contributed by atoms with van der Waals surface area (Å²) in [6.07, 6.45) is 3.93. The summed E-state index contributed by atoms with van der Waals surface area (Å²) < 4.78 is 33.4. The van der Waals surface area contributed by atoms with Gasteiger partial charge in [-0.2, -0.15) is 8.78 Å². The molecule has 4 N–H and O–H groups in total. The van der Waals surface area contributed by atoms with Crippen molar-refractivity contribution in [2.75, 3.05) is 6.54 Å². The number of alkyl halides is 2. The van der Waals surface area contributed by atoms with Crippen LogP contribution in [0.3, 0.4) is 0 Å². The van der Waals surface area contributed by atoms with E-state index in [0.717, 1.165) is 16.6 Å². The number of aromatic nitrogens is 4. The number of imidazole rings is 1. The lowest BCUT2D eigenvalue weighted by molar-refractivity contribution is -0.0507. The van der Waals surface area contributed by atoms with Crippen LogP contribution in [0.5, 0.6) is 5.75 Å². The van der Waals surface area contributed by atoms with Crippen LogP contribution in [0.2, 0.25) is 0 Å². The van der Waals surface area contributed by atoms with E-state index in [1.165, 1.54) is 12.1 Å². The first-order chi connectivity index (χ1) is 19.0. The third kappa shape index (κ3) is 4.24. The van der Waals surface area contributed by atoms with Crippen molar-refractivity contribution in [3.63, 3.8) is 0 Å². The predicted octanol–water partition coefficient (Wildman–Crippen LogP) is 2.36. The third-order valence-corrected chi connectivity index (χ3v) is 7.97. The second kappa shape index (κ2) is 9.38. The number of carbonyl (C=O) groups excluding carboxylic acids is 1. The summed E-state index contributed by atoms with van der Waals surface area (Å²) >= 11 is 0. The third-order valence-electron chi connectivity index (χ3n) is 7.97. The van der Waals surface area contributed by atoms with Crippen molar-refractivity contribution in [1.82, 2.24) is 24.8 Å². The quantitative estimate of drug-likeness (QED) is 0.307. The van der Waals surface area contributed by atoms with Crippen LogP contribution in [0.25, 0.3) is 22.2 Å². The molecule has 4 radical (unpaired) electrons. The summed E-state index contributed by atoms with van der Waals surface area (Å²) in [6, 6.07) is 9.43. The van der Waals surface area contributed by atoms with Crippen LogP contribution in [0.15, 0.2) is 48.8 Å². The maximum absolute atomic E-state index is 13.3. The van der Waals surface area contributed by atoms with Gasteiger partial charge in [-0.1, -0.05) is 19.1 Å². The summed E-state index contributed by atoms with van der Waals surface area (Å²) in [5.74, 6) is 0.675. The SMILES string of the molecule is [B]C([B])(O)C(C)(CN)Cc1ncc(-c2ccc3nc4n(c3c2)[C@H]2C[C@H]4NC(=O)c3cccc(OC(F)F)c32)cn1. The van der Waals surface area contributed by atoms with Crippen molar-refractivity contribution < 1.29 is 23.4 Å². The first-order valence-corrected chi connectivity index (χ1v) is 12.7. The van der Waals surface area contributed by atoms with Crippen LogP contribution in [0.1, 0.15) is 53.0 Å². The van der Waals surface area contributed by atoms with E-state index >= 15 is 0 Å². The smallest absolute Gasteiger partial charge is 0.387 e. The molecule has 1 unspecified atom stereocenters. The van der Waals surface area contributed by atoms with E-state index in [2.05, 4.69) is 15.3 Å². The number of fused-ring (bicyclic) bond motifs is 9. The molecule has 4 aromatic rings. The fourth-order valence-electron chi connectivity index (χ4n) is 5.51. The minimum absolute atomic E-state index is 0.0282. The Balaban J connectivity index is 1.40. The fraction of sp³-hybridized carbons (Fsp3) is 0.333. The second-order valence-corrected chi connectivity index (χ2v) is 10.6. The first-order valence-electron chi connectivity index (χ1n) is 12.7. The molecule has 200 valence electrons. The highest BCUT2D eigenvalue weighted by Gasteiger charge is 2.42. The van der Waals surface area contributed by atoms with E-state index in [1.807, 2.05) is 22.8 Å². The van der Waals surface area contributed by atoms with E-state index in [-0.39, 0.29) is 30.7 Å². The van der Waals surface area contributed by atoms with Crippen molar-refractivity contribution in [2.24, 2.45) is 11.1 Å². The molecule has 3 atom stereocenters. The van der Waals surface area contributed by atoms with E-state index in [1.54, 1.807) is 25.4 Å². The fourth-order valence-corrected chi connectivity index (χ4v) is 5.51. The zero-order valence-electron chi connectivity index (χ0n) is 21.5. The molecule has 2 aliphatic heterocycles. The summed E-state index contributed by atoms with van der Waals surface area (Å²) in [4.78, 5) is 26.6. The topological polar surface area (TPSA) is 128 Å². The van der Waals surface area contributed by atoms with Gasteiger partial charge in [0, 0.05) is 35.5 Å². The predicted molar refractivity (Wildman–Crippen MR) is 144 cm³/mol. The lowest BCUT2D eigenvalue weighted by Gasteiger charge is -2.40. The Kier molecular flexibility index (Phi) is 6.19. The minimum atomic E-state index is -3.03. The highest BCUT2D eigenvalue weighted by Crippen LogP contribution is 2.47. The number of benzene rings is 2. The van der Waals surface area contributed by atoms with Gasteiger partial charge < -0.3 is 25.5 Å². The number of carbonyl (C=O) groups is 1. The van der Waals surface area contributed by atoms with Crippen LogP contribution < -0.4 is 15.8 Å². The van der Waals surface area contributed by atoms with Gasteiger partial charge >= 0.3 is 6.61 Å². The number of nitrogens with two attached hydrogens (primary N) is 1. The number of halogens is 2. The highest BCUT2D eigenvalue weighted by atomic mass is 19.3. The summed E-state index contributed by atoms with van der Waals surface area (Å²) in [5, 5.41) is 11.1. The summed E-state index contributed by atoms with van der Waals surface area (Å²) in [5.41, 5.74) is 8.46. The molecule has 9 nitrogen and oxygen atoms in total.